The van der Waals surface area contributed by atoms with Crippen LogP contribution in [0.3, 0.4) is 0 Å². The van der Waals surface area contributed by atoms with E-state index in [0.29, 0.717) is 0 Å². The van der Waals surface area contributed by atoms with Crippen molar-refractivity contribution in [3.8, 4) is 0 Å². The van der Waals surface area contributed by atoms with Gasteiger partial charge in [0.25, 0.3) is 0 Å². The highest BCUT2D eigenvalue weighted by Crippen LogP contribution is 2.13. The Bertz CT molecular complexity index is 411. The average Bonchev–Trinajstić information content (AvgIpc) is 2.56. The lowest BCUT2D eigenvalue weighted by molar-refractivity contribution is 0.484. The van der Waals surface area contributed by atoms with Crippen molar-refractivity contribution < 1.29 is 0 Å². The summed E-state index contributed by atoms with van der Waals surface area (Å²) < 4.78 is 1.92. The summed E-state index contributed by atoms with van der Waals surface area (Å²) in [5.41, 5.74) is 3.55. The second-order valence-electron chi connectivity index (χ2n) is 4.71. The first kappa shape index (κ1) is 15.0. The summed E-state index contributed by atoms with van der Waals surface area (Å²) >= 11 is 5.37. The van der Waals surface area contributed by atoms with E-state index < -0.39 is 0 Å². The highest BCUT2D eigenvalue weighted by molar-refractivity contribution is 7.80. The van der Waals surface area contributed by atoms with E-state index in [4.69, 9.17) is 12.2 Å². The predicted octanol–water partition coefficient (Wildman–Crippen LogP) is 2.14. The molecular formula is C13H24N4S. The fraction of sp³-hybridized carbons (Fsp3) is 0.692. The molecule has 0 aromatic carbocycles. The number of nitrogens with one attached hydrogen (secondary N) is 1. The van der Waals surface area contributed by atoms with Gasteiger partial charge in [-0.2, -0.15) is 5.10 Å². The number of rotatable bonds is 5. The molecule has 0 atom stereocenters. The number of aryl methyl sites for hydroxylation is 2. The largest absolute Gasteiger partial charge is 0.363 e. The van der Waals surface area contributed by atoms with Gasteiger partial charge in [0.15, 0.2) is 5.11 Å². The second-order valence-corrected chi connectivity index (χ2v) is 5.10. The van der Waals surface area contributed by atoms with Crippen molar-refractivity contribution in [2.45, 2.75) is 40.2 Å². The van der Waals surface area contributed by atoms with Gasteiger partial charge in [-0.25, -0.2) is 0 Å². The van der Waals surface area contributed by atoms with Gasteiger partial charge in [-0.05, 0) is 32.5 Å². The topological polar surface area (TPSA) is 33.1 Å². The molecule has 0 spiro atoms. The zero-order chi connectivity index (χ0) is 13.7. The number of unbranched alkanes of at least 4 members (excludes halogenated alkanes) is 1. The molecule has 1 heterocycles. The molecule has 4 nitrogen and oxygen atoms in total. The minimum Gasteiger partial charge on any atom is -0.363 e. The van der Waals surface area contributed by atoms with Crippen LogP contribution in [0.1, 0.15) is 36.7 Å². The first-order valence-corrected chi connectivity index (χ1v) is 6.86. The van der Waals surface area contributed by atoms with Crippen LogP contribution in [0.4, 0.5) is 0 Å². The van der Waals surface area contributed by atoms with Crippen molar-refractivity contribution in [3.63, 3.8) is 0 Å². The van der Waals surface area contributed by atoms with Crippen LogP contribution in [0, 0.1) is 13.8 Å². The van der Waals surface area contributed by atoms with E-state index in [9.17, 15) is 0 Å². The van der Waals surface area contributed by atoms with Crippen LogP contribution < -0.4 is 5.32 Å². The van der Waals surface area contributed by atoms with E-state index in [-0.39, 0.29) is 0 Å². The fourth-order valence-corrected chi connectivity index (χ4v) is 2.03. The van der Waals surface area contributed by atoms with Gasteiger partial charge in [-0.15, -0.1) is 0 Å². The van der Waals surface area contributed by atoms with Gasteiger partial charge in [0.05, 0.1) is 5.69 Å². The van der Waals surface area contributed by atoms with Gasteiger partial charge in [0.1, 0.15) is 0 Å². The molecule has 0 fully saturated rings. The van der Waals surface area contributed by atoms with Crippen molar-refractivity contribution >= 4 is 17.3 Å². The van der Waals surface area contributed by atoms with E-state index in [1.54, 1.807) is 0 Å². The maximum Gasteiger partial charge on any atom is 0.168 e. The van der Waals surface area contributed by atoms with Gasteiger partial charge in [0.2, 0.25) is 0 Å². The van der Waals surface area contributed by atoms with Crippen LogP contribution in [-0.4, -0.2) is 33.4 Å². The molecule has 1 aromatic heterocycles. The summed E-state index contributed by atoms with van der Waals surface area (Å²) in [6, 6.07) is 0. The van der Waals surface area contributed by atoms with Gasteiger partial charge < -0.3 is 10.2 Å². The normalized spacial score (nSPS) is 10.5. The Morgan fingerprint density at radius 3 is 2.61 bits per heavy atom. The van der Waals surface area contributed by atoms with Crippen molar-refractivity contribution in [3.05, 3.63) is 17.0 Å². The third kappa shape index (κ3) is 3.70. The third-order valence-corrected chi connectivity index (χ3v) is 3.66. The van der Waals surface area contributed by atoms with Crippen LogP contribution in [-0.2, 0) is 13.6 Å². The number of thiocarbonyl (C=S) groups is 1. The standard InChI is InChI=1S/C13H24N4S/c1-6-7-8-14-13(18)16(4)9-12-10(2)15-17(5)11(12)3/h6-9H2,1-5H3,(H,14,18). The number of hydrogen-bond acceptors (Lipinski definition) is 2. The van der Waals surface area contributed by atoms with Crippen LogP contribution >= 0.6 is 12.2 Å². The number of aromatic nitrogens is 2. The Balaban J connectivity index is 2.58. The monoisotopic (exact) mass is 268 g/mol. The minimum atomic E-state index is 0.809. The molecule has 0 saturated heterocycles. The van der Waals surface area contributed by atoms with Gasteiger partial charge in [-0.3, -0.25) is 4.68 Å². The van der Waals surface area contributed by atoms with Crippen molar-refractivity contribution in [2.75, 3.05) is 13.6 Å². The summed E-state index contributed by atoms with van der Waals surface area (Å²) in [5, 5.41) is 8.52. The molecule has 0 bridgehead atoms. The second kappa shape index (κ2) is 6.73. The molecule has 0 aliphatic carbocycles. The molecular weight excluding hydrogens is 244 g/mol. The summed E-state index contributed by atoms with van der Waals surface area (Å²) in [4.78, 5) is 2.07. The van der Waals surface area contributed by atoms with Crippen molar-refractivity contribution in [1.29, 1.82) is 0 Å². The molecule has 1 rings (SSSR count). The Morgan fingerprint density at radius 1 is 1.44 bits per heavy atom. The smallest absolute Gasteiger partial charge is 0.168 e. The third-order valence-electron chi connectivity index (χ3n) is 3.21. The van der Waals surface area contributed by atoms with Gasteiger partial charge >= 0.3 is 0 Å². The van der Waals surface area contributed by atoms with E-state index in [1.807, 2.05) is 25.7 Å². The van der Waals surface area contributed by atoms with Gasteiger partial charge in [-0.1, -0.05) is 13.3 Å². The van der Waals surface area contributed by atoms with E-state index in [2.05, 4.69) is 29.2 Å². The number of hydrogen-bond donors (Lipinski definition) is 1. The molecule has 1 aromatic rings. The van der Waals surface area contributed by atoms with E-state index in [0.717, 1.165) is 30.3 Å². The zero-order valence-corrected chi connectivity index (χ0v) is 12.9. The van der Waals surface area contributed by atoms with Crippen LogP contribution in [0.2, 0.25) is 0 Å². The van der Waals surface area contributed by atoms with Crippen LogP contribution in [0.25, 0.3) is 0 Å². The SMILES string of the molecule is CCCCNC(=S)N(C)Cc1c(C)nn(C)c1C. The lowest BCUT2D eigenvalue weighted by Gasteiger charge is -2.21. The highest BCUT2D eigenvalue weighted by atomic mass is 32.1. The van der Waals surface area contributed by atoms with Crippen LogP contribution in [0.15, 0.2) is 0 Å². The first-order valence-electron chi connectivity index (χ1n) is 6.45. The average molecular weight is 268 g/mol. The molecule has 0 amide bonds. The Labute approximate surface area is 115 Å². The summed E-state index contributed by atoms with van der Waals surface area (Å²) in [6.07, 6.45) is 2.33. The predicted molar refractivity (Wildman–Crippen MR) is 79.7 cm³/mol. The molecule has 1 N–H and O–H groups in total. The minimum absolute atomic E-state index is 0.809. The maximum atomic E-state index is 5.37. The lowest BCUT2D eigenvalue weighted by Crippen LogP contribution is -2.37. The summed E-state index contributed by atoms with van der Waals surface area (Å²) in [7, 11) is 4.00. The molecule has 102 valence electrons. The first-order chi connectivity index (χ1) is 8.47. The molecule has 18 heavy (non-hydrogen) atoms. The summed E-state index contributed by atoms with van der Waals surface area (Å²) in [6.45, 7) is 8.07. The molecule has 0 aliphatic rings. The van der Waals surface area contributed by atoms with E-state index >= 15 is 0 Å². The fourth-order valence-electron chi connectivity index (χ4n) is 1.86. The van der Waals surface area contributed by atoms with Crippen molar-refractivity contribution in [2.24, 2.45) is 7.05 Å². The quantitative estimate of drug-likeness (QED) is 0.655. The Hall–Kier alpha value is -1.10. The Kier molecular flexibility index (Phi) is 5.59. The molecule has 5 heteroatoms. The van der Waals surface area contributed by atoms with Crippen LogP contribution in [0.5, 0.6) is 0 Å². The van der Waals surface area contributed by atoms with Crippen molar-refractivity contribution in [1.82, 2.24) is 20.0 Å². The lowest BCUT2D eigenvalue weighted by atomic mass is 10.2. The highest BCUT2D eigenvalue weighted by Gasteiger charge is 2.12. The van der Waals surface area contributed by atoms with Gasteiger partial charge in [0, 0.05) is 38.4 Å². The Morgan fingerprint density at radius 2 is 2.11 bits per heavy atom. The maximum absolute atomic E-state index is 5.37. The zero-order valence-electron chi connectivity index (χ0n) is 12.1. The van der Waals surface area contributed by atoms with E-state index in [1.165, 1.54) is 17.7 Å². The molecule has 0 unspecified atom stereocenters. The molecule has 0 radical (unpaired) electrons. The molecule has 0 aliphatic heterocycles. The molecule has 0 saturated carbocycles. The number of nitrogens with zero attached hydrogens (tertiary/aromatic N) is 3. The summed E-state index contributed by atoms with van der Waals surface area (Å²) in [5.74, 6) is 0.